The van der Waals surface area contributed by atoms with Crippen LogP contribution in [0.1, 0.15) is 16.2 Å². The molecule has 1 aromatic heterocycles. The molecule has 0 aliphatic rings. The van der Waals surface area contributed by atoms with Gasteiger partial charge in [-0.05, 0) is 37.3 Å². The van der Waals surface area contributed by atoms with Gasteiger partial charge in [0.1, 0.15) is 5.69 Å². The molecule has 0 bridgehead atoms. The molecule has 0 aliphatic heterocycles. The van der Waals surface area contributed by atoms with Crippen LogP contribution in [0.2, 0.25) is 10.0 Å². The zero-order chi connectivity index (χ0) is 13.1. The maximum absolute atomic E-state index is 12.0. The maximum atomic E-state index is 12.0. The lowest BCUT2D eigenvalue weighted by molar-refractivity contribution is 0.102. The standard InChI is InChI=1S/C13H10Cl2N2O/c1-8-3-2-4-11(16-8)13(18)17-12-7-9(14)5-6-10(12)15/h2-7H,1H3,(H,17,18). The first kappa shape index (κ1) is 12.9. The molecule has 5 heteroatoms. The number of anilines is 1. The topological polar surface area (TPSA) is 42.0 Å². The van der Waals surface area contributed by atoms with Crippen LogP contribution in [0.4, 0.5) is 5.69 Å². The molecule has 18 heavy (non-hydrogen) atoms. The first-order chi connectivity index (χ1) is 8.56. The predicted molar refractivity (Wildman–Crippen MR) is 73.4 cm³/mol. The third-order valence-electron chi connectivity index (χ3n) is 2.30. The number of hydrogen-bond donors (Lipinski definition) is 1. The second-order valence-corrected chi connectivity index (χ2v) is 4.59. The first-order valence-electron chi connectivity index (χ1n) is 5.26. The number of rotatable bonds is 2. The number of aromatic nitrogens is 1. The number of aryl methyl sites for hydroxylation is 1. The summed E-state index contributed by atoms with van der Waals surface area (Å²) in [6, 6.07) is 10.1. The van der Waals surface area contributed by atoms with Crippen LogP contribution < -0.4 is 5.32 Å². The molecule has 0 radical (unpaired) electrons. The van der Waals surface area contributed by atoms with Crippen molar-refractivity contribution in [1.82, 2.24) is 4.98 Å². The number of halogens is 2. The Balaban J connectivity index is 2.24. The summed E-state index contributed by atoms with van der Waals surface area (Å²) in [6.45, 7) is 1.82. The molecule has 0 aliphatic carbocycles. The Morgan fingerprint density at radius 2 is 2.00 bits per heavy atom. The predicted octanol–water partition coefficient (Wildman–Crippen LogP) is 3.95. The molecule has 0 saturated carbocycles. The Hall–Kier alpha value is -1.58. The Morgan fingerprint density at radius 1 is 1.22 bits per heavy atom. The summed E-state index contributed by atoms with van der Waals surface area (Å²) in [5.41, 5.74) is 1.59. The fraction of sp³-hybridized carbons (Fsp3) is 0.0769. The normalized spacial score (nSPS) is 10.2. The van der Waals surface area contributed by atoms with Crippen LogP contribution in [0, 0.1) is 6.92 Å². The van der Waals surface area contributed by atoms with Gasteiger partial charge in [-0.2, -0.15) is 0 Å². The lowest BCUT2D eigenvalue weighted by atomic mass is 10.2. The van der Waals surface area contributed by atoms with E-state index in [-0.39, 0.29) is 5.91 Å². The minimum Gasteiger partial charge on any atom is -0.319 e. The number of carbonyl (C=O) groups excluding carboxylic acids is 1. The van der Waals surface area contributed by atoms with E-state index in [9.17, 15) is 4.79 Å². The van der Waals surface area contributed by atoms with Crippen molar-refractivity contribution in [2.24, 2.45) is 0 Å². The van der Waals surface area contributed by atoms with E-state index in [2.05, 4.69) is 10.3 Å². The molecule has 1 N–H and O–H groups in total. The first-order valence-corrected chi connectivity index (χ1v) is 6.02. The largest absolute Gasteiger partial charge is 0.319 e. The van der Waals surface area contributed by atoms with E-state index < -0.39 is 0 Å². The van der Waals surface area contributed by atoms with E-state index >= 15 is 0 Å². The second kappa shape index (κ2) is 5.38. The highest BCUT2D eigenvalue weighted by Gasteiger charge is 2.10. The highest BCUT2D eigenvalue weighted by Crippen LogP contribution is 2.25. The summed E-state index contributed by atoms with van der Waals surface area (Å²) < 4.78 is 0. The van der Waals surface area contributed by atoms with Crippen molar-refractivity contribution in [3.63, 3.8) is 0 Å². The summed E-state index contributed by atoms with van der Waals surface area (Å²) in [6.07, 6.45) is 0. The van der Waals surface area contributed by atoms with E-state index in [1.165, 1.54) is 0 Å². The molecule has 0 fully saturated rings. The number of pyridine rings is 1. The summed E-state index contributed by atoms with van der Waals surface area (Å²) in [7, 11) is 0. The van der Waals surface area contributed by atoms with Crippen molar-refractivity contribution in [2.45, 2.75) is 6.92 Å². The van der Waals surface area contributed by atoms with Crippen molar-refractivity contribution in [3.05, 3.63) is 57.8 Å². The minimum absolute atomic E-state index is 0.317. The Bertz CT molecular complexity index is 599. The molecule has 0 spiro atoms. The number of nitrogens with zero attached hydrogens (tertiary/aromatic N) is 1. The number of benzene rings is 1. The van der Waals surface area contributed by atoms with Gasteiger partial charge >= 0.3 is 0 Å². The highest BCUT2D eigenvalue weighted by atomic mass is 35.5. The Morgan fingerprint density at radius 3 is 2.72 bits per heavy atom. The number of nitrogens with one attached hydrogen (secondary N) is 1. The van der Waals surface area contributed by atoms with E-state index in [0.717, 1.165) is 5.69 Å². The fourth-order valence-corrected chi connectivity index (χ4v) is 1.79. The molecule has 0 atom stereocenters. The molecule has 1 heterocycles. The van der Waals surface area contributed by atoms with Crippen LogP contribution in [-0.4, -0.2) is 10.9 Å². The second-order valence-electron chi connectivity index (χ2n) is 3.74. The van der Waals surface area contributed by atoms with E-state index in [0.29, 0.717) is 21.4 Å². The summed E-state index contributed by atoms with van der Waals surface area (Å²) in [4.78, 5) is 16.1. The van der Waals surface area contributed by atoms with Crippen LogP contribution in [0.25, 0.3) is 0 Å². The van der Waals surface area contributed by atoms with E-state index in [1.807, 2.05) is 13.0 Å². The summed E-state index contributed by atoms with van der Waals surface area (Å²) in [5.74, 6) is -0.317. The number of hydrogen-bond acceptors (Lipinski definition) is 2. The minimum atomic E-state index is -0.317. The average Bonchev–Trinajstić information content (AvgIpc) is 2.34. The molecule has 2 aromatic rings. The van der Waals surface area contributed by atoms with E-state index in [4.69, 9.17) is 23.2 Å². The van der Waals surface area contributed by atoms with Gasteiger partial charge in [-0.15, -0.1) is 0 Å². The molecular formula is C13H10Cl2N2O. The van der Waals surface area contributed by atoms with Crippen LogP contribution in [0.3, 0.4) is 0 Å². The molecule has 92 valence electrons. The molecule has 1 amide bonds. The van der Waals surface area contributed by atoms with Crippen LogP contribution in [0.15, 0.2) is 36.4 Å². The maximum Gasteiger partial charge on any atom is 0.274 e. The van der Waals surface area contributed by atoms with Crippen LogP contribution in [-0.2, 0) is 0 Å². The van der Waals surface area contributed by atoms with Gasteiger partial charge in [-0.3, -0.25) is 4.79 Å². The third-order valence-corrected chi connectivity index (χ3v) is 2.86. The highest BCUT2D eigenvalue weighted by molar-refractivity contribution is 6.35. The molecule has 2 rings (SSSR count). The quantitative estimate of drug-likeness (QED) is 0.905. The van der Waals surface area contributed by atoms with Gasteiger partial charge in [-0.1, -0.05) is 29.3 Å². The van der Waals surface area contributed by atoms with Gasteiger partial charge in [-0.25, -0.2) is 4.98 Å². The third kappa shape index (κ3) is 3.00. The molecule has 0 saturated heterocycles. The van der Waals surface area contributed by atoms with Crippen molar-refractivity contribution in [1.29, 1.82) is 0 Å². The van der Waals surface area contributed by atoms with Crippen molar-refractivity contribution >= 4 is 34.8 Å². The fourth-order valence-electron chi connectivity index (χ4n) is 1.45. The van der Waals surface area contributed by atoms with Gasteiger partial charge in [0.2, 0.25) is 0 Å². The molecule has 0 unspecified atom stereocenters. The zero-order valence-corrected chi connectivity index (χ0v) is 11.1. The van der Waals surface area contributed by atoms with Gasteiger partial charge < -0.3 is 5.32 Å². The number of carbonyl (C=O) groups is 1. The van der Waals surface area contributed by atoms with Gasteiger partial charge in [0.15, 0.2) is 0 Å². The van der Waals surface area contributed by atoms with E-state index in [1.54, 1.807) is 30.3 Å². The number of amides is 1. The van der Waals surface area contributed by atoms with Crippen LogP contribution in [0.5, 0.6) is 0 Å². The van der Waals surface area contributed by atoms with Gasteiger partial charge in [0.25, 0.3) is 5.91 Å². The molecular weight excluding hydrogens is 271 g/mol. The smallest absolute Gasteiger partial charge is 0.274 e. The van der Waals surface area contributed by atoms with Crippen LogP contribution >= 0.6 is 23.2 Å². The lowest BCUT2D eigenvalue weighted by Crippen LogP contribution is -2.14. The Labute approximate surface area is 115 Å². The van der Waals surface area contributed by atoms with Crippen molar-refractivity contribution in [2.75, 3.05) is 5.32 Å². The summed E-state index contributed by atoms with van der Waals surface area (Å²) >= 11 is 11.8. The Kier molecular flexibility index (Phi) is 3.84. The SMILES string of the molecule is Cc1cccc(C(=O)Nc2cc(Cl)ccc2Cl)n1. The van der Waals surface area contributed by atoms with Crippen molar-refractivity contribution in [3.8, 4) is 0 Å². The van der Waals surface area contributed by atoms with Crippen molar-refractivity contribution < 1.29 is 4.79 Å². The van der Waals surface area contributed by atoms with Gasteiger partial charge in [0, 0.05) is 10.7 Å². The zero-order valence-electron chi connectivity index (χ0n) is 9.58. The summed E-state index contributed by atoms with van der Waals surface area (Å²) in [5, 5.41) is 3.61. The molecule has 3 nitrogen and oxygen atoms in total. The monoisotopic (exact) mass is 280 g/mol. The van der Waals surface area contributed by atoms with Gasteiger partial charge in [0.05, 0.1) is 10.7 Å². The average molecular weight is 281 g/mol. The lowest BCUT2D eigenvalue weighted by Gasteiger charge is -2.07. The molecule has 1 aromatic carbocycles.